The van der Waals surface area contributed by atoms with Crippen LogP contribution in [0, 0.1) is 17.4 Å². The van der Waals surface area contributed by atoms with Crippen LogP contribution in [0.4, 0.5) is 5.69 Å². The minimum atomic E-state index is -3.97. The molecule has 156 valence electrons. The number of hydrogen-bond donors (Lipinski definition) is 0. The van der Waals surface area contributed by atoms with E-state index in [-0.39, 0.29) is 10.6 Å². The molecule has 3 aromatic carbocycles. The van der Waals surface area contributed by atoms with Crippen LogP contribution in [0.3, 0.4) is 0 Å². The third-order valence-corrected chi connectivity index (χ3v) is 6.30. The van der Waals surface area contributed by atoms with Crippen molar-refractivity contribution in [2.75, 3.05) is 6.61 Å². The number of rotatable bonds is 7. The first kappa shape index (κ1) is 22.3. The second-order valence-electron chi connectivity index (χ2n) is 6.66. The molecule has 0 fully saturated rings. The molecule has 0 atom stereocenters. The molecule has 0 bridgehead atoms. The van der Waals surface area contributed by atoms with E-state index in [1.807, 2.05) is 61.6 Å². The highest BCUT2D eigenvalue weighted by Gasteiger charge is 2.21. The van der Waals surface area contributed by atoms with Gasteiger partial charge in [-0.1, -0.05) is 35.9 Å². The summed E-state index contributed by atoms with van der Waals surface area (Å²) in [5.41, 5.74) is 3.92. The number of aryl methyl sites for hydroxylation is 2. The van der Waals surface area contributed by atoms with Crippen LogP contribution in [0.25, 0.3) is 0 Å². The van der Waals surface area contributed by atoms with Gasteiger partial charge >= 0.3 is 10.1 Å². The maximum Gasteiger partial charge on any atom is 0.339 e. The summed E-state index contributed by atoms with van der Waals surface area (Å²) in [5, 5.41) is 0. The normalized spacial score (nSPS) is 11.6. The summed E-state index contributed by atoms with van der Waals surface area (Å²) < 4.78 is 37.1. The van der Waals surface area contributed by atoms with E-state index < -0.39 is 10.1 Å². The molecule has 0 radical (unpaired) electrons. The van der Waals surface area contributed by atoms with Crippen LogP contribution in [0.2, 0.25) is 0 Å². The molecule has 3 aromatic rings. The first-order valence-corrected chi connectivity index (χ1v) is 11.9. The van der Waals surface area contributed by atoms with Gasteiger partial charge in [0.25, 0.3) is 0 Å². The van der Waals surface area contributed by atoms with Gasteiger partial charge in [0.1, 0.15) is 4.90 Å². The van der Waals surface area contributed by atoms with Crippen molar-refractivity contribution in [2.45, 2.75) is 25.7 Å². The average molecular weight is 535 g/mol. The van der Waals surface area contributed by atoms with E-state index in [2.05, 4.69) is 11.1 Å². The summed E-state index contributed by atoms with van der Waals surface area (Å²) in [5.74, 6) is 0.524. The van der Waals surface area contributed by atoms with Crippen molar-refractivity contribution in [3.05, 3.63) is 80.9 Å². The van der Waals surface area contributed by atoms with Crippen molar-refractivity contribution in [3.8, 4) is 11.5 Å². The lowest BCUT2D eigenvalue weighted by Gasteiger charge is -2.14. The van der Waals surface area contributed by atoms with E-state index in [4.69, 9.17) is 8.92 Å². The minimum Gasteiger partial charge on any atom is -0.490 e. The molecule has 0 heterocycles. The number of aliphatic imine (C=N–C) groups is 1. The molecule has 0 saturated carbocycles. The molecule has 5 nitrogen and oxygen atoms in total. The molecule has 0 aliphatic rings. The lowest BCUT2D eigenvalue weighted by atomic mass is 10.1. The summed E-state index contributed by atoms with van der Waals surface area (Å²) in [7, 11) is -3.97. The molecule has 0 unspecified atom stereocenters. The Labute approximate surface area is 191 Å². The van der Waals surface area contributed by atoms with Gasteiger partial charge in [-0.05, 0) is 84.8 Å². The molecular weight excluding hydrogens is 513 g/mol. The number of nitrogens with zero attached hydrogens (tertiary/aromatic N) is 1. The second kappa shape index (κ2) is 9.61. The molecule has 7 heteroatoms. The van der Waals surface area contributed by atoms with Crippen molar-refractivity contribution in [3.63, 3.8) is 0 Å². The summed E-state index contributed by atoms with van der Waals surface area (Å²) >= 11 is 2.05. The Morgan fingerprint density at radius 1 is 1.03 bits per heavy atom. The van der Waals surface area contributed by atoms with Gasteiger partial charge in [-0.25, -0.2) is 0 Å². The number of hydrogen-bond acceptors (Lipinski definition) is 5. The Morgan fingerprint density at radius 2 is 1.77 bits per heavy atom. The highest BCUT2D eigenvalue weighted by molar-refractivity contribution is 14.1. The Balaban J connectivity index is 1.95. The highest BCUT2D eigenvalue weighted by Crippen LogP contribution is 2.36. The Bertz CT molecular complexity index is 1180. The lowest BCUT2D eigenvalue weighted by Crippen LogP contribution is -2.12. The molecule has 0 spiro atoms. The Hall–Kier alpha value is -2.39. The molecule has 0 N–H and O–H groups in total. The van der Waals surface area contributed by atoms with E-state index >= 15 is 0 Å². The molecule has 30 heavy (non-hydrogen) atoms. The third-order valence-electron chi connectivity index (χ3n) is 4.26. The van der Waals surface area contributed by atoms with Gasteiger partial charge in [0.2, 0.25) is 0 Å². The second-order valence-corrected chi connectivity index (χ2v) is 9.37. The molecule has 3 rings (SSSR count). The first-order chi connectivity index (χ1) is 14.3. The van der Waals surface area contributed by atoms with Crippen molar-refractivity contribution in [2.24, 2.45) is 4.99 Å². The topological polar surface area (TPSA) is 65.0 Å². The fourth-order valence-electron chi connectivity index (χ4n) is 2.85. The van der Waals surface area contributed by atoms with E-state index in [0.29, 0.717) is 15.9 Å². The largest absolute Gasteiger partial charge is 0.490 e. The fraction of sp³-hybridized carbons (Fsp3) is 0.174. The van der Waals surface area contributed by atoms with Crippen LogP contribution >= 0.6 is 22.6 Å². The third kappa shape index (κ3) is 5.40. The Kier molecular flexibility index (Phi) is 7.14. The zero-order valence-electron chi connectivity index (χ0n) is 16.9. The average Bonchev–Trinajstić information content (AvgIpc) is 2.71. The summed E-state index contributed by atoms with van der Waals surface area (Å²) in [6, 6.07) is 17.6. The molecule has 0 aliphatic heterocycles. The maximum absolute atomic E-state index is 12.7. The quantitative estimate of drug-likeness (QED) is 0.217. The van der Waals surface area contributed by atoms with Gasteiger partial charge < -0.3 is 8.92 Å². The molecule has 0 saturated heterocycles. The van der Waals surface area contributed by atoms with Crippen LogP contribution in [-0.2, 0) is 10.1 Å². The predicted octanol–water partition coefficient (Wildman–Crippen LogP) is 5.83. The van der Waals surface area contributed by atoms with Crippen molar-refractivity contribution in [1.29, 1.82) is 0 Å². The van der Waals surface area contributed by atoms with Crippen molar-refractivity contribution >= 4 is 44.6 Å². The van der Waals surface area contributed by atoms with Crippen LogP contribution in [0.15, 0.2) is 70.6 Å². The van der Waals surface area contributed by atoms with Crippen LogP contribution < -0.4 is 8.92 Å². The molecule has 0 aromatic heterocycles. The van der Waals surface area contributed by atoms with Gasteiger partial charge in [0.05, 0.1) is 15.9 Å². The predicted molar refractivity (Wildman–Crippen MR) is 128 cm³/mol. The first-order valence-electron chi connectivity index (χ1n) is 9.37. The van der Waals surface area contributed by atoms with Gasteiger partial charge in [0, 0.05) is 6.21 Å². The smallest absolute Gasteiger partial charge is 0.339 e. The summed E-state index contributed by atoms with van der Waals surface area (Å²) in [4.78, 5) is 4.66. The lowest BCUT2D eigenvalue weighted by molar-refractivity contribution is 0.327. The van der Waals surface area contributed by atoms with Crippen LogP contribution in [0.5, 0.6) is 11.5 Å². The van der Waals surface area contributed by atoms with E-state index in [0.717, 1.165) is 16.8 Å². The van der Waals surface area contributed by atoms with Gasteiger partial charge in [-0.3, -0.25) is 4.99 Å². The number of benzene rings is 3. The zero-order valence-corrected chi connectivity index (χ0v) is 19.9. The van der Waals surface area contributed by atoms with E-state index in [9.17, 15) is 8.42 Å². The van der Waals surface area contributed by atoms with E-state index in [1.165, 1.54) is 17.7 Å². The van der Waals surface area contributed by atoms with Crippen molar-refractivity contribution in [1.82, 2.24) is 0 Å². The van der Waals surface area contributed by atoms with Gasteiger partial charge in [-0.15, -0.1) is 0 Å². The summed E-state index contributed by atoms with van der Waals surface area (Å²) in [6.07, 6.45) is 1.73. The van der Waals surface area contributed by atoms with Gasteiger partial charge in [-0.2, -0.15) is 8.42 Å². The monoisotopic (exact) mass is 535 g/mol. The Morgan fingerprint density at radius 3 is 2.43 bits per heavy atom. The van der Waals surface area contributed by atoms with Crippen LogP contribution in [-0.4, -0.2) is 21.2 Å². The molecule has 0 amide bonds. The van der Waals surface area contributed by atoms with Gasteiger partial charge in [0.15, 0.2) is 11.5 Å². The van der Waals surface area contributed by atoms with E-state index in [1.54, 1.807) is 30.5 Å². The molecular formula is C23H22INO4S. The highest BCUT2D eigenvalue weighted by atomic mass is 127. The van der Waals surface area contributed by atoms with Crippen LogP contribution in [0.1, 0.15) is 23.6 Å². The van der Waals surface area contributed by atoms with Crippen molar-refractivity contribution < 1.29 is 17.3 Å². The maximum atomic E-state index is 12.7. The standard InChI is InChI=1S/C23H22INO4S/c1-4-28-22-14-18(15-25-21-11-10-16(2)12-17(21)3)13-20(24)23(22)29-30(26,27)19-8-6-5-7-9-19/h5-15H,4H2,1-3H3. The molecule has 0 aliphatic carbocycles. The zero-order chi connectivity index (χ0) is 21.7. The summed E-state index contributed by atoms with van der Waals surface area (Å²) in [6.45, 7) is 6.26. The minimum absolute atomic E-state index is 0.0868. The SMILES string of the molecule is CCOc1cc(C=Nc2ccc(C)cc2C)cc(I)c1OS(=O)(=O)c1ccccc1. The fourth-order valence-corrected chi connectivity index (χ4v) is 4.71. The number of halogens is 1. The number of ether oxygens (including phenoxy) is 1.